The first-order valence-electron chi connectivity index (χ1n) is 6.71. The summed E-state index contributed by atoms with van der Waals surface area (Å²) >= 11 is 7.08. The van der Waals surface area contributed by atoms with Crippen LogP contribution in [0.1, 0.15) is 21.5 Å². The number of carbonyl (C=O) groups is 1. The van der Waals surface area contributed by atoms with Gasteiger partial charge in [-0.25, -0.2) is 0 Å². The fraction of sp³-hybridized carbons (Fsp3) is 0.235. The van der Waals surface area contributed by atoms with E-state index in [-0.39, 0.29) is 15.6 Å². The molecule has 0 spiro atoms. The van der Waals surface area contributed by atoms with Crippen LogP contribution >= 0.6 is 31.9 Å². The van der Waals surface area contributed by atoms with Gasteiger partial charge in [0.05, 0.1) is 4.83 Å². The molecule has 4 heteroatoms. The molecule has 2 aromatic rings. The van der Waals surface area contributed by atoms with Gasteiger partial charge in [0.2, 0.25) is 5.91 Å². The summed E-state index contributed by atoms with van der Waals surface area (Å²) in [5.74, 6) is -0.0607. The molecular formula is C17H17Br2NO. The number of halogens is 2. The second-order valence-electron chi connectivity index (χ2n) is 4.95. The predicted octanol–water partition coefficient (Wildman–Crippen LogP) is 5.14. The first-order chi connectivity index (χ1) is 10.0. The van der Waals surface area contributed by atoms with Crippen LogP contribution < -0.4 is 5.32 Å². The van der Waals surface area contributed by atoms with Crippen molar-refractivity contribution in [2.24, 2.45) is 0 Å². The Labute approximate surface area is 142 Å². The topological polar surface area (TPSA) is 29.1 Å². The summed E-state index contributed by atoms with van der Waals surface area (Å²) in [5.41, 5.74) is 4.18. The van der Waals surface area contributed by atoms with Gasteiger partial charge in [0, 0.05) is 5.69 Å². The molecule has 2 atom stereocenters. The summed E-state index contributed by atoms with van der Waals surface area (Å²) in [5, 5.41) is 2.99. The SMILES string of the molecule is Cc1cccc(NC(=O)C(Br)C(Br)c2ccccc2)c1C. The highest BCUT2D eigenvalue weighted by molar-refractivity contribution is 9.12. The first-order valence-corrected chi connectivity index (χ1v) is 8.54. The Morgan fingerprint density at radius 3 is 2.33 bits per heavy atom. The first kappa shape index (κ1) is 16.2. The van der Waals surface area contributed by atoms with Crippen molar-refractivity contribution in [3.63, 3.8) is 0 Å². The lowest BCUT2D eigenvalue weighted by molar-refractivity contribution is -0.115. The second-order valence-corrected chi connectivity index (χ2v) is 6.92. The molecule has 0 bridgehead atoms. The number of benzene rings is 2. The van der Waals surface area contributed by atoms with Crippen LogP contribution in [0.3, 0.4) is 0 Å². The van der Waals surface area contributed by atoms with E-state index in [1.165, 1.54) is 0 Å². The monoisotopic (exact) mass is 409 g/mol. The van der Waals surface area contributed by atoms with E-state index in [0.717, 1.165) is 22.4 Å². The average Bonchev–Trinajstić information content (AvgIpc) is 2.51. The molecule has 2 aromatic carbocycles. The molecule has 1 N–H and O–H groups in total. The minimum atomic E-state index is -0.347. The molecule has 0 radical (unpaired) electrons. The Bertz CT molecular complexity index is 628. The molecule has 110 valence electrons. The van der Waals surface area contributed by atoms with E-state index in [1.807, 2.05) is 62.4 Å². The van der Waals surface area contributed by atoms with E-state index in [9.17, 15) is 4.79 Å². The Balaban J connectivity index is 2.11. The van der Waals surface area contributed by atoms with Crippen LogP contribution in [-0.2, 0) is 4.79 Å². The largest absolute Gasteiger partial charge is 0.325 e. The van der Waals surface area contributed by atoms with Crippen LogP contribution in [0.5, 0.6) is 0 Å². The zero-order chi connectivity index (χ0) is 15.4. The quantitative estimate of drug-likeness (QED) is 0.694. The van der Waals surface area contributed by atoms with Gasteiger partial charge in [0.1, 0.15) is 4.83 Å². The van der Waals surface area contributed by atoms with Crippen LogP contribution in [-0.4, -0.2) is 10.7 Å². The van der Waals surface area contributed by atoms with Crippen LogP contribution in [0, 0.1) is 13.8 Å². The van der Waals surface area contributed by atoms with E-state index in [1.54, 1.807) is 0 Å². The Hall–Kier alpha value is -1.13. The standard InChI is InChI=1S/C17H17Br2NO/c1-11-7-6-10-14(12(11)2)20-17(21)16(19)15(18)13-8-4-3-5-9-13/h3-10,15-16H,1-2H3,(H,20,21). The molecule has 0 saturated carbocycles. The smallest absolute Gasteiger partial charge is 0.239 e. The molecule has 2 nitrogen and oxygen atoms in total. The van der Waals surface area contributed by atoms with Crippen molar-refractivity contribution in [1.82, 2.24) is 0 Å². The van der Waals surface area contributed by atoms with E-state index < -0.39 is 0 Å². The third-order valence-electron chi connectivity index (χ3n) is 3.49. The zero-order valence-corrected chi connectivity index (χ0v) is 15.1. The molecule has 0 aliphatic rings. The highest BCUT2D eigenvalue weighted by atomic mass is 79.9. The van der Waals surface area contributed by atoms with E-state index in [2.05, 4.69) is 37.2 Å². The number of carbonyl (C=O) groups excluding carboxylic acids is 1. The normalized spacial score (nSPS) is 13.5. The summed E-state index contributed by atoms with van der Waals surface area (Å²) in [7, 11) is 0. The number of nitrogens with one attached hydrogen (secondary N) is 1. The maximum absolute atomic E-state index is 12.4. The molecule has 21 heavy (non-hydrogen) atoms. The van der Waals surface area contributed by atoms with Crippen LogP contribution in [0.15, 0.2) is 48.5 Å². The Morgan fingerprint density at radius 2 is 1.67 bits per heavy atom. The molecular weight excluding hydrogens is 394 g/mol. The fourth-order valence-electron chi connectivity index (χ4n) is 2.03. The van der Waals surface area contributed by atoms with Crippen molar-refractivity contribution in [1.29, 1.82) is 0 Å². The number of hydrogen-bond acceptors (Lipinski definition) is 1. The summed E-state index contributed by atoms with van der Waals surface area (Å²) in [6.07, 6.45) is 0. The molecule has 0 aliphatic carbocycles. The highest BCUT2D eigenvalue weighted by Crippen LogP contribution is 2.32. The van der Waals surface area contributed by atoms with Gasteiger partial charge >= 0.3 is 0 Å². The third kappa shape index (κ3) is 3.95. The summed E-state index contributed by atoms with van der Waals surface area (Å²) in [6.45, 7) is 4.05. The number of rotatable bonds is 4. The van der Waals surface area contributed by atoms with Gasteiger partial charge in [-0.2, -0.15) is 0 Å². The van der Waals surface area contributed by atoms with Gasteiger partial charge in [-0.05, 0) is 36.6 Å². The maximum atomic E-state index is 12.4. The van der Waals surface area contributed by atoms with Crippen LogP contribution in [0.25, 0.3) is 0 Å². The minimum absolute atomic E-state index is 0.0607. The lowest BCUT2D eigenvalue weighted by Gasteiger charge is -2.18. The number of amides is 1. The average molecular weight is 411 g/mol. The molecule has 0 aliphatic heterocycles. The van der Waals surface area contributed by atoms with Crippen molar-refractivity contribution in [2.45, 2.75) is 23.5 Å². The Morgan fingerprint density at radius 1 is 1.00 bits per heavy atom. The number of aryl methyl sites for hydroxylation is 1. The number of anilines is 1. The molecule has 0 saturated heterocycles. The van der Waals surface area contributed by atoms with Gasteiger partial charge < -0.3 is 5.32 Å². The van der Waals surface area contributed by atoms with Gasteiger partial charge in [0.15, 0.2) is 0 Å². The number of alkyl halides is 2. The lowest BCUT2D eigenvalue weighted by Crippen LogP contribution is -2.26. The molecule has 2 rings (SSSR count). The third-order valence-corrected chi connectivity index (χ3v) is 6.20. The minimum Gasteiger partial charge on any atom is -0.325 e. The lowest BCUT2D eigenvalue weighted by atomic mass is 10.1. The zero-order valence-electron chi connectivity index (χ0n) is 11.9. The van der Waals surface area contributed by atoms with Crippen LogP contribution in [0.4, 0.5) is 5.69 Å². The van der Waals surface area contributed by atoms with Gasteiger partial charge in [0.25, 0.3) is 0 Å². The van der Waals surface area contributed by atoms with Crippen LogP contribution in [0.2, 0.25) is 0 Å². The summed E-state index contributed by atoms with van der Waals surface area (Å²) in [4.78, 5) is 12.0. The Kier molecular flexibility index (Phi) is 5.59. The fourth-order valence-corrected chi connectivity index (χ4v) is 2.99. The van der Waals surface area contributed by atoms with Crippen molar-refractivity contribution < 1.29 is 4.79 Å². The van der Waals surface area contributed by atoms with Gasteiger partial charge in [-0.15, -0.1) is 0 Å². The molecule has 1 amide bonds. The van der Waals surface area contributed by atoms with Crippen molar-refractivity contribution in [3.05, 3.63) is 65.2 Å². The maximum Gasteiger partial charge on any atom is 0.239 e. The van der Waals surface area contributed by atoms with Gasteiger partial charge in [-0.1, -0.05) is 74.3 Å². The summed E-state index contributed by atoms with van der Waals surface area (Å²) < 4.78 is 0. The molecule has 0 heterocycles. The van der Waals surface area contributed by atoms with Crippen molar-refractivity contribution in [3.8, 4) is 0 Å². The van der Waals surface area contributed by atoms with E-state index >= 15 is 0 Å². The molecule has 0 fully saturated rings. The van der Waals surface area contributed by atoms with Crippen molar-refractivity contribution >= 4 is 43.5 Å². The molecule has 0 aromatic heterocycles. The van der Waals surface area contributed by atoms with Gasteiger partial charge in [-0.3, -0.25) is 4.79 Å². The highest BCUT2D eigenvalue weighted by Gasteiger charge is 2.25. The van der Waals surface area contributed by atoms with Crippen molar-refractivity contribution in [2.75, 3.05) is 5.32 Å². The predicted molar refractivity (Wildman–Crippen MR) is 95.4 cm³/mol. The van der Waals surface area contributed by atoms with E-state index in [0.29, 0.717) is 0 Å². The second kappa shape index (κ2) is 7.23. The van der Waals surface area contributed by atoms with E-state index in [4.69, 9.17) is 0 Å². The summed E-state index contributed by atoms with van der Waals surface area (Å²) in [6, 6.07) is 15.8. The molecule has 2 unspecified atom stereocenters. The number of hydrogen-bond donors (Lipinski definition) is 1.